The summed E-state index contributed by atoms with van der Waals surface area (Å²) >= 11 is -1.18. The average Bonchev–Trinajstić information content (AvgIpc) is 3.15. The molecule has 1 saturated heterocycles. The maximum atomic E-state index is 13.1. The van der Waals surface area contributed by atoms with Gasteiger partial charge in [-0.25, -0.2) is 28.2 Å². The van der Waals surface area contributed by atoms with Crippen LogP contribution in [0.3, 0.4) is 0 Å². The number of hydrogen-bond donors (Lipinski definition) is 2. The lowest BCUT2D eigenvalue weighted by atomic mass is 9.79. The van der Waals surface area contributed by atoms with E-state index in [1.54, 1.807) is 19.2 Å². The molecule has 0 bridgehead atoms. The zero-order valence-electron chi connectivity index (χ0n) is 17.9. The summed E-state index contributed by atoms with van der Waals surface area (Å²) in [7, 11) is 0. The molecule has 3 aromatic heterocycles. The largest absolute Gasteiger partial charge is 0.598 e. The van der Waals surface area contributed by atoms with E-state index in [0.29, 0.717) is 42.4 Å². The third kappa shape index (κ3) is 4.53. The number of rotatable bonds is 6. The van der Waals surface area contributed by atoms with E-state index in [2.05, 4.69) is 29.7 Å². The smallest absolute Gasteiger partial charge is 0.282 e. The summed E-state index contributed by atoms with van der Waals surface area (Å²) in [4.78, 5) is 15.0. The van der Waals surface area contributed by atoms with E-state index in [9.17, 15) is 18.4 Å². The molecule has 172 valence electrons. The van der Waals surface area contributed by atoms with Gasteiger partial charge in [0, 0.05) is 42.5 Å². The number of imidazole rings is 1. The van der Waals surface area contributed by atoms with Gasteiger partial charge in [-0.05, 0) is 32.4 Å². The number of hydrogen-bond acceptors (Lipinski definition) is 8. The Labute approximate surface area is 187 Å². The summed E-state index contributed by atoms with van der Waals surface area (Å²) in [5, 5.41) is 14.9. The topological polar surface area (TPSA) is 115 Å². The van der Waals surface area contributed by atoms with Gasteiger partial charge >= 0.3 is 0 Å². The van der Waals surface area contributed by atoms with Crippen LogP contribution in [-0.4, -0.2) is 65.2 Å². The van der Waals surface area contributed by atoms with Crippen molar-refractivity contribution in [3.63, 3.8) is 0 Å². The molecule has 1 aliphatic rings. The standard InChI is InChI=1S/C20H25F2N7O2S/c1-12-7-20(2,30)13(8-26-32(3)31)10-28(12)18-6-15(24-11-25-18)16-9-23-17-5-4-14(19(21)22)27-29(16)17/h4-6,9,11-13,19,26,30H,7-8,10H2,1-3H3. The normalized spacial score (nSPS) is 24.9. The lowest BCUT2D eigenvalue weighted by Gasteiger charge is -2.47. The van der Waals surface area contributed by atoms with Gasteiger partial charge in [0.1, 0.15) is 29.8 Å². The first-order chi connectivity index (χ1) is 15.2. The van der Waals surface area contributed by atoms with Gasteiger partial charge < -0.3 is 14.6 Å². The van der Waals surface area contributed by atoms with Crippen molar-refractivity contribution in [2.45, 2.75) is 38.3 Å². The predicted molar refractivity (Wildman–Crippen MR) is 117 cm³/mol. The zero-order chi connectivity index (χ0) is 23.0. The molecule has 1 fully saturated rings. The second-order valence-electron chi connectivity index (χ2n) is 8.30. The lowest BCUT2D eigenvalue weighted by molar-refractivity contribution is -0.0245. The Hall–Kier alpha value is -2.41. The molecule has 12 heteroatoms. The Morgan fingerprint density at radius 2 is 2.12 bits per heavy atom. The number of piperidine rings is 1. The monoisotopic (exact) mass is 465 g/mol. The number of aliphatic hydroxyl groups is 1. The van der Waals surface area contributed by atoms with Crippen LogP contribution in [0, 0.1) is 5.92 Å². The van der Waals surface area contributed by atoms with Gasteiger partial charge in [-0.3, -0.25) is 0 Å². The molecule has 2 N–H and O–H groups in total. The van der Waals surface area contributed by atoms with Crippen molar-refractivity contribution in [3.05, 3.63) is 36.4 Å². The summed E-state index contributed by atoms with van der Waals surface area (Å²) < 4.78 is 42.0. The molecule has 4 rings (SSSR count). The highest BCUT2D eigenvalue weighted by Gasteiger charge is 2.42. The summed E-state index contributed by atoms with van der Waals surface area (Å²) in [6, 6.07) is 4.49. The van der Waals surface area contributed by atoms with Crippen LogP contribution < -0.4 is 9.62 Å². The van der Waals surface area contributed by atoms with Crippen LogP contribution in [0.15, 0.2) is 30.7 Å². The van der Waals surface area contributed by atoms with Gasteiger partial charge in [-0.15, -0.1) is 4.72 Å². The molecule has 32 heavy (non-hydrogen) atoms. The summed E-state index contributed by atoms with van der Waals surface area (Å²) in [5.41, 5.74) is 0.139. The SMILES string of the molecule is CC1CC(C)(O)C(CN[S+](C)[O-])CN1c1cc(-c2cnc3ccc(C(F)F)nn23)ncn1. The molecular formula is C20H25F2N7O2S. The predicted octanol–water partition coefficient (Wildman–Crippen LogP) is 1.97. The molecule has 0 saturated carbocycles. The quantitative estimate of drug-likeness (QED) is 0.531. The van der Waals surface area contributed by atoms with Crippen LogP contribution in [0.1, 0.15) is 32.4 Å². The zero-order valence-corrected chi connectivity index (χ0v) is 18.8. The Balaban J connectivity index is 1.65. The number of aromatic nitrogens is 5. The van der Waals surface area contributed by atoms with E-state index in [1.807, 2.05) is 6.92 Å². The van der Waals surface area contributed by atoms with Crippen LogP contribution in [0.25, 0.3) is 17.0 Å². The van der Waals surface area contributed by atoms with Crippen molar-refractivity contribution in [2.24, 2.45) is 5.92 Å². The number of anilines is 1. The van der Waals surface area contributed by atoms with E-state index < -0.39 is 23.4 Å². The summed E-state index contributed by atoms with van der Waals surface area (Å²) in [6.45, 7) is 4.69. The van der Waals surface area contributed by atoms with Crippen molar-refractivity contribution >= 4 is 22.8 Å². The lowest BCUT2D eigenvalue weighted by Crippen LogP contribution is -2.57. The highest BCUT2D eigenvalue weighted by atomic mass is 32.2. The molecule has 0 aliphatic carbocycles. The molecule has 0 aromatic carbocycles. The fourth-order valence-electron chi connectivity index (χ4n) is 4.13. The second kappa shape index (κ2) is 8.85. The summed E-state index contributed by atoms with van der Waals surface area (Å²) in [6.07, 6.45) is 2.31. The molecule has 3 aromatic rings. The van der Waals surface area contributed by atoms with E-state index in [1.165, 1.54) is 29.2 Å². The molecular weight excluding hydrogens is 440 g/mol. The highest BCUT2D eigenvalue weighted by molar-refractivity contribution is 7.88. The molecule has 0 amide bonds. The van der Waals surface area contributed by atoms with E-state index in [-0.39, 0.29) is 17.7 Å². The second-order valence-corrected chi connectivity index (χ2v) is 9.49. The Kier molecular flexibility index (Phi) is 6.30. The van der Waals surface area contributed by atoms with Gasteiger partial charge in [0.15, 0.2) is 5.65 Å². The first kappa shape index (κ1) is 22.8. The van der Waals surface area contributed by atoms with Crippen LogP contribution in [0.5, 0.6) is 0 Å². The molecule has 4 heterocycles. The number of nitrogens with zero attached hydrogens (tertiary/aromatic N) is 6. The van der Waals surface area contributed by atoms with Crippen molar-refractivity contribution in [1.29, 1.82) is 0 Å². The molecule has 9 nitrogen and oxygen atoms in total. The minimum Gasteiger partial charge on any atom is -0.598 e. The van der Waals surface area contributed by atoms with Gasteiger partial charge in [0.05, 0.1) is 17.5 Å². The van der Waals surface area contributed by atoms with Crippen LogP contribution in [-0.2, 0) is 11.4 Å². The number of halogens is 2. The minimum atomic E-state index is -2.69. The van der Waals surface area contributed by atoms with Crippen molar-refractivity contribution in [3.8, 4) is 11.4 Å². The maximum absolute atomic E-state index is 13.1. The first-order valence-electron chi connectivity index (χ1n) is 10.2. The fourth-order valence-corrected chi connectivity index (χ4v) is 4.57. The third-order valence-corrected chi connectivity index (χ3v) is 6.46. The number of nitrogens with one attached hydrogen (secondary N) is 1. The molecule has 4 unspecified atom stereocenters. The Morgan fingerprint density at radius 1 is 1.34 bits per heavy atom. The Bertz CT molecular complexity index is 1090. The van der Waals surface area contributed by atoms with Crippen LogP contribution in [0.4, 0.5) is 14.6 Å². The van der Waals surface area contributed by atoms with Gasteiger partial charge in [0.2, 0.25) is 0 Å². The van der Waals surface area contributed by atoms with E-state index >= 15 is 0 Å². The maximum Gasteiger partial charge on any atom is 0.282 e. The van der Waals surface area contributed by atoms with Crippen molar-refractivity contribution in [1.82, 2.24) is 29.3 Å². The molecule has 1 aliphatic heterocycles. The average molecular weight is 466 g/mol. The van der Waals surface area contributed by atoms with Crippen LogP contribution >= 0.6 is 0 Å². The molecule has 0 spiro atoms. The number of alkyl halides is 2. The van der Waals surface area contributed by atoms with Gasteiger partial charge in [-0.2, -0.15) is 5.10 Å². The van der Waals surface area contributed by atoms with Gasteiger partial charge in [0.25, 0.3) is 6.43 Å². The van der Waals surface area contributed by atoms with Crippen molar-refractivity contribution in [2.75, 3.05) is 24.2 Å². The molecule has 4 atom stereocenters. The van der Waals surface area contributed by atoms with Gasteiger partial charge in [-0.1, -0.05) is 0 Å². The minimum absolute atomic E-state index is 0.0122. The number of fused-ring (bicyclic) bond motifs is 1. The molecule has 0 radical (unpaired) electrons. The van der Waals surface area contributed by atoms with Crippen molar-refractivity contribution < 1.29 is 18.4 Å². The third-order valence-electron chi connectivity index (χ3n) is 5.89. The van der Waals surface area contributed by atoms with E-state index in [4.69, 9.17) is 0 Å². The summed E-state index contributed by atoms with van der Waals surface area (Å²) in [5.74, 6) is 0.465. The van der Waals surface area contributed by atoms with E-state index in [0.717, 1.165) is 0 Å². The van der Waals surface area contributed by atoms with Crippen LogP contribution in [0.2, 0.25) is 0 Å². The Morgan fingerprint density at radius 3 is 2.84 bits per heavy atom. The fraction of sp³-hybridized carbons (Fsp3) is 0.500. The highest BCUT2D eigenvalue weighted by Crippen LogP contribution is 2.34. The first-order valence-corrected chi connectivity index (χ1v) is 11.7.